The molecule has 9 heteroatoms. The minimum absolute atomic E-state index is 0.00290. The molecule has 0 aliphatic rings. The number of alkyl halides is 3. The van der Waals surface area contributed by atoms with Crippen molar-refractivity contribution in [1.82, 2.24) is 5.32 Å². The fourth-order valence-corrected chi connectivity index (χ4v) is 2.18. The number of amides is 1. The van der Waals surface area contributed by atoms with Crippen LogP contribution in [0.3, 0.4) is 0 Å². The number of rotatable bonds is 6. The molecule has 25 heavy (non-hydrogen) atoms. The molecule has 2 N–H and O–H groups in total. The third kappa shape index (κ3) is 4.69. The van der Waals surface area contributed by atoms with E-state index in [2.05, 4.69) is 10.6 Å². The lowest BCUT2D eigenvalue weighted by Gasteiger charge is -2.13. The average molecular weight is 353 g/mol. The number of carbonyl (C=O) groups is 1. The number of hydrogen-bond acceptors (Lipinski definition) is 4. The van der Waals surface area contributed by atoms with Crippen LogP contribution in [0.15, 0.2) is 48.5 Å². The molecule has 132 valence electrons. The molecule has 1 amide bonds. The molecule has 0 saturated carbocycles. The first-order valence-corrected chi connectivity index (χ1v) is 7.22. The fraction of sp³-hybridized carbons (Fsp3) is 0.188. The van der Waals surface area contributed by atoms with Crippen LogP contribution in [0.1, 0.15) is 15.9 Å². The van der Waals surface area contributed by atoms with Crippen LogP contribution in [0.25, 0.3) is 0 Å². The van der Waals surface area contributed by atoms with Crippen molar-refractivity contribution in [3.8, 4) is 0 Å². The van der Waals surface area contributed by atoms with Crippen LogP contribution in [0, 0.1) is 10.1 Å². The first kappa shape index (κ1) is 18.2. The predicted molar refractivity (Wildman–Crippen MR) is 85.4 cm³/mol. The normalized spacial score (nSPS) is 11.0. The molecule has 0 aliphatic carbocycles. The summed E-state index contributed by atoms with van der Waals surface area (Å²) in [5.74, 6) is -0.864. The summed E-state index contributed by atoms with van der Waals surface area (Å²) in [6.45, 7) is 0.113. The number of nitro groups is 1. The van der Waals surface area contributed by atoms with Crippen LogP contribution in [-0.4, -0.2) is 23.9 Å². The largest absolute Gasteiger partial charge is 0.417 e. The lowest BCUT2D eigenvalue weighted by molar-refractivity contribution is -0.384. The topological polar surface area (TPSA) is 84.3 Å². The summed E-state index contributed by atoms with van der Waals surface area (Å²) in [4.78, 5) is 22.3. The summed E-state index contributed by atoms with van der Waals surface area (Å²) in [5, 5.41) is 16.0. The van der Waals surface area contributed by atoms with Crippen LogP contribution in [0.5, 0.6) is 0 Å². The summed E-state index contributed by atoms with van der Waals surface area (Å²) in [6.07, 6.45) is -4.63. The van der Waals surface area contributed by atoms with E-state index in [9.17, 15) is 28.1 Å². The summed E-state index contributed by atoms with van der Waals surface area (Å²) in [5.41, 5.74) is -1.35. The highest BCUT2D eigenvalue weighted by atomic mass is 19.4. The number of nitrogens with one attached hydrogen (secondary N) is 2. The molecule has 0 aliphatic heterocycles. The molecule has 0 spiro atoms. The lowest BCUT2D eigenvalue weighted by atomic mass is 10.1. The van der Waals surface area contributed by atoms with E-state index in [1.54, 1.807) is 6.07 Å². The first-order chi connectivity index (χ1) is 11.8. The zero-order valence-electron chi connectivity index (χ0n) is 12.8. The van der Waals surface area contributed by atoms with Crippen molar-refractivity contribution in [2.45, 2.75) is 6.18 Å². The Morgan fingerprint density at radius 3 is 2.36 bits per heavy atom. The Balaban J connectivity index is 1.96. The number of nitro benzene ring substituents is 1. The van der Waals surface area contributed by atoms with Crippen molar-refractivity contribution in [2.24, 2.45) is 0 Å². The molecule has 0 radical (unpaired) electrons. The maximum Gasteiger partial charge on any atom is 0.417 e. The van der Waals surface area contributed by atoms with Crippen molar-refractivity contribution < 1.29 is 22.9 Å². The number of halogens is 3. The van der Waals surface area contributed by atoms with Gasteiger partial charge < -0.3 is 10.6 Å². The monoisotopic (exact) mass is 353 g/mol. The second-order valence-corrected chi connectivity index (χ2v) is 5.00. The second kappa shape index (κ2) is 7.65. The molecule has 0 unspecified atom stereocenters. The second-order valence-electron chi connectivity index (χ2n) is 5.00. The summed E-state index contributed by atoms with van der Waals surface area (Å²) >= 11 is 0. The molecular weight excluding hydrogens is 339 g/mol. The summed E-state index contributed by atoms with van der Waals surface area (Å²) in [6, 6.07) is 10.4. The van der Waals surface area contributed by atoms with E-state index in [4.69, 9.17) is 0 Å². The van der Waals surface area contributed by atoms with Gasteiger partial charge in [0.1, 0.15) is 5.69 Å². The molecule has 0 bridgehead atoms. The first-order valence-electron chi connectivity index (χ1n) is 7.22. The standard InChI is InChI=1S/C16H14F3N3O3/c17-16(18,19)12-6-2-1-5-11(12)15(23)21-10-9-20-13-7-3-4-8-14(13)22(24)25/h1-8,20H,9-10H2,(H,21,23). The van der Waals surface area contributed by atoms with Crippen molar-refractivity contribution in [1.29, 1.82) is 0 Å². The van der Waals surface area contributed by atoms with Gasteiger partial charge in [0.2, 0.25) is 0 Å². The van der Waals surface area contributed by atoms with Gasteiger partial charge in [0.05, 0.1) is 16.1 Å². The number of hydrogen-bond donors (Lipinski definition) is 2. The molecule has 2 aromatic rings. The minimum atomic E-state index is -4.63. The van der Waals surface area contributed by atoms with Gasteiger partial charge in [-0.3, -0.25) is 14.9 Å². The van der Waals surface area contributed by atoms with E-state index in [0.29, 0.717) is 0 Å². The molecule has 2 aromatic carbocycles. The van der Waals surface area contributed by atoms with E-state index in [-0.39, 0.29) is 24.5 Å². The zero-order valence-corrected chi connectivity index (χ0v) is 12.8. The Kier molecular flexibility index (Phi) is 5.58. The molecule has 0 heterocycles. The Hall–Kier alpha value is -3.10. The SMILES string of the molecule is O=C(NCCNc1ccccc1[N+](=O)[O-])c1ccccc1C(F)(F)F. The van der Waals surface area contributed by atoms with Crippen LogP contribution in [-0.2, 0) is 6.18 Å². The van der Waals surface area contributed by atoms with Crippen molar-refractivity contribution in [3.05, 3.63) is 69.8 Å². The highest BCUT2D eigenvalue weighted by Crippen LogP contribution is 2.31. The summed E-state index contributed by atoms with van der Waals surface area (Å²) in [7, 11) is 0. The number of para-hydroxylation sites is 2. The minimum Gasteiger partial charge on any atom is -0.378 e. The van der Waals surface area contributed by atoms with Crippen LogP contribution in [0.2, 0.25) is 0 Å². The predicted octanol–water partition coefficient (Wildman–Crippen LogP) is 3.46. The van der Waals surface area contributed by atoms with Crippen molar-refractivity contribution in [3.63, 3.8) is 0 Å². The number of nitrogens with zero attached hydrogens (tertiary/aromatic N) is 1. The van der Waals surface area contributed by atoms with E-state index in [1.165, 1.54) is 30.3 Å². The third-order valence-corrected chi connectivity index (χ3v) is 3.30. The Bertz CT molecular complexity index is 778. The smallest absolute Gasteiger partial charge is 0.378 e. The molecule has 2 rings (SSSR count). The Morgan fingerprint density at radius 2 is 1.68 bits per heavy atom. The van der Waals surface area contributed by atoms with Gasteiger partial charge in [0.15, 0.2) is 0 Å². The van der Waals surface area contributed by atoms with Crippen molar-refractivity contribution >= 4 is 17.3 Å². The number of carbonyl (C=O) groups excluding carboxylic acids is 1. The quantitative estimate of drug-likeness (QED) is 0.473. The molecule has 0 atom stereocenters. The van der Waals surface area contributed by atoms with Crippen molar-refractivity contribution in [2.75, 3.05) is 18.4 Å². The van der Waals surface area contributed by atoms with Crippen LogP contribution < -0.4 is 10.6 Å². The molecule has 0 aromatic heterocycles. The van der Waals surface area contributed by atoms with Gasteiger partial charge in [-0.1, -0.05) is 24.3 Å². The lowest BCUT2D eigenvalue weighted by Crippen LogP contribution is -2.30. The number of anilines is 1. The fourth-order valence-electron chi connectivity index (χ4n) is 2.18. The van der Waals surface area contributed by atoms with E-state index >= 15 is 0 Å². The average Bonchev–Trinajstić information content (AvgIpc) is 2.58. The van der Waals surface area contributed by atoms with Gasteiger partial charge in [-0.15, -0.1) is 0 Å². The third-order valence-electron chi connectivity index (χ3n) is 3.30. The Morgan fingerprint density at radius 1 is 1.04 bits per heavy atom. The zero-order chi connectivity index (χ0) is 18.4. The van der Waals surface area contributed by atoms with Gasteiger partial charge in [-0.25, -0.2) is 0 Å². The van der Waals surface area contributed by atoms with E-state index in [1.807, 2.05) is 0 Å². The molecular formula is C16H14F3N3O3. The van der Waals surface area contributed by atoms with Crippen LogP contribution in [0.4, 0.5) is 24.5 Å². The molecule has 0 saturated heterocycles. The highest BCUT2D eigenvalue weighted by Gasteiger charge is 2.34. The van der Waals surface area contributed by atoms with E-state index < -0.39 is 28.1 Å². The maximum absolute atomic E-state index is 12.9. The van der Waals surface area contributed by atoms with E-state index in [0.717, 1.165) is 12.1 Å². The maximum atomic E-state index is 12.9. The van der Waals surface area contributed by atoms with Gasteiger partial charge in [0, 0.05) is 19.2 Å². The molecule has 6 nitrogen and oxygen atoms in total. The number of benzene rings is 2. The van der Waals surface area contributed by atoms with Crippen LogP contribution >= 0.6 is 0 Å². The summed E-state index contributed by atoms with van der Waals surface area (Å²) < 4.78 is 38.6. The highest BCUT2D eigenvalue weighted by molar-refractivity contribution is 5.95. The van der Waals surface area contributed by atoms with Gasteiger partial charge in [0.25, 0.3) is 11.6 Å². The Labute approximate surface area is 140 Å². The van der Waals surface area contributed by atoms with Gasteiger partial charge >= 0.3 is 6.18 Å². The molecule has 0 fully saturated rings. The van der Waals surface area contributed by atoms with Gasteiger partial charge in [-0.05, 0) is 18.2 Å². The van der Waals surface area contributed by atoms with Gasteiger partial charge in [-0.2, -0.15) is 13.2 Å².